The van der Waals surface area contributed by atoms with E-state index in [-0.39, 0.29) is 0 Å². The molecule has 0 aliphatic carbocycles. The Morgan fingerprint density at radius 2 is 1.89 bits per heavy atom. The second kappa shape index (κ2) is 3.87. The summed E-state index contributed by atoms with van der Waals surface area (Å²) in [6, 6.07) is 11.8. The van der Waals surface area contributed by atoms with Gasteiger partial charge in [-0.3, -0.25) is 0 Å². The van der Waals surface area contributed by atoms with E-state index in [1.54, 1.807) is 0 Å². The molecule has 0 bridgehead atoms. The number of nitrogens with one attached hydrogen (secondary N) is 2. The standard InChI is InChI=1S/C15H10ClN3/c16-9-3-4-11-10(8-9)14(12-2-1-6-17-12)15-13(19-11)5-7-18-15/h1-8,17-18H. The van der Waals surface area contributed by atoms with Crippen LogP contribution in [0.3, 0.4) is 0 Å². The number of hydrogen-bond acceptors (Lipinski definition) is 1. The Kier molecular flexibility index (Phi) is 2.17. The largest absolute Gasteiger partial charge is 0.361 e. The lowest BCUT2D eigenvalue weighted by atomic mass is 10.0. The average molecular weight is 268 g/mol. The van der Waals surface area contributed by atoms with Crippen LogP contribution in [-0.4, -0.2) is 15.0 Å². The highest BCUT2D eigenvalue weighted by Crippen LogP contribution is 2.34. The summed E-state index contributed by atoms with van der Waals surface area (Å²) in [6.45, 7) is 0. The van der Waals surface area contributed by atoms with Gasteiger partial charge in [0.15, 0.2) is 0 Å². The van der Waals surface area contributed by atoms with Crippen molar-refractivity contribution < 1.29 is 0 Å². The fourth-order valence-corrected chi connectivity index (χ4v) is 2.66. The maximum atomic E-state index is 6.13. The van der Waals surface area contributed by atoms with Gasteiger partial charge >= 0.3 is 0 Å². The van der Waals surface area contributed by atoms with Crippen molar-refractivity contribution in [3.05, 3.63) is 53.8 Å². The fraction of sp³-hybridized carbons (Fsp3) is 0. The summed E-state index contributed by atoms with van der Waals surface area (Å²) in [6.07, 6.45) is 3.82. The average Bonchev–Trinajstić information content (AvgIpc) is 3.06. The van der Waals surface area contributed by atoms with Crippen molar-refractivity contribution in [3.8, 4) is 11.3 Å². The predicted molar refractivity (Wildman–Crippen MR) is 78.4 cm³/mol. The summed E-state index contributed by atoms with van der Waals surface area (Å²) in [7, 11) is 0. The highest BCUT2D eigenvalue weighted by Gasteiger charge is 2.12. The maximum Gasteiger partial charge on any atom is 0.0893 e. The van der Waals surface area contributed by atoms with E-state index >= 15 is 0 Å². The first kappa shape index (κ1) is 10.6. The van der Waals surface area contributed by atoms with Crippen molar-refractivity contribution >= 4 is 33.5 Å². The highest BCUT2D eigenvalue weighted by atomic mass is 35.5. The van der Waals surface area contributed by atoms with E-state index < -0.39 is 0 Å². The first-order valence-corrected chi connectivity index (χ1v) is 6.41. The molecule has 0 amide bonds. The Morgan fingerprint density at radius 1 is 0.947 bits per heavy atom. The van der Waals surface area contributed by atoms with E-state index in [0.717, 1.165) is 33.2 Å². The van der Waals surface area contributed by atoms with Gasteiger partial charge in [-0.1, -0.05) is 11.6 Å². The number of pyridine rings is 1. The van der Waals surface area contributed by atoms with E-state index in [0.29, 0.717) is 5.02 Å². The van der Waals surface area contributed by atoms with Crippen LogP contribution >= 0.6 is 11.6 Å². The van der Waals surface area contributed by atoms with Crippen LogP contribution in [0.25, 0.3) is 33.2 Å². The van der Waals surface area contributed by atoms with E-state index in [9.17, 15) is 0 Å². The molecule has 92 valence electrons. The van der Waals surface area contributed by atoms with E-state index in [1.165, 1.54) is 0 Å². The molecule has 4 rings (SSSR count). The van der Waals surface area contributed by atoms with Gasteiger partial charge in [-0.25, -0.2) is 4.98 Å². The molecule has 0 aliphatic rings. The Hall–Kier alpha value is -2.26. The third-order valence-corrected chi connectivity index (χ3v) is 3.55. The molecular formula is C15H10ClN3. The van der Waals surface area contributed by atoms with Crippen LogP contribution in [-0.2, 0) is 0 Å². The molecule has 3 heterocycles. The van der Waals surface area contributed by atoms with E-state index in [2.05, 4.69) is 21.0 Å². The van der Waals surface area contributed by atoms with Crippen LogP contribution in [0.1, 0.15) is 0 Å². The lowest BCUT2D eigenvalue weighted by Gasteiger charge is -2.07. The zero-order chi connectivity index (χ0) is 12.8. The quantitative estimate of drug-likeness (QED) is 0.529. The molecule has 0 saturated carbocycles. The van der Waals surface area contributed by atoms with Crippen molar-refractivity contribution in [2.75, 3.05) is 0 Å². The van der Waals surface area contributed by atoms with Crippen LogP contribution in [0.15, 0.2) is 48.8 Å². The molecule has 0 atom stereocenters. The molecule has 4 aromatic rings. The van der Waals surface area contributed by atoms with Gasteiger partial charge in [0.2, 0.25) is 0 Å². The minimum absolute atomic E-state index is 0.716. The molecule has 0 fully saturated rings. The lowest BCUT2D eigenvalue weighted by molar-refractivity contribution is 1.39. The topological polar surface area (TPSA) is 44.5 Å². The first-order chi connectivity index (χ1) is 9.33. The molecule has 19 heavy (non-hydrogen) atoms. The number of H-pyrrole nitrogens is 2. The molecule has 0 radical (unpaired) electrons. The third kappa shape index (κ3) is 1.55. The monoisotopic (exact) mass is 267 g/mol. The van der Waals surface area contributed by atoms with Crippen molar-refractivity contribution in [2.24, 2.45) is 0 Å². The zero-order valence-corrected chi connectivity index (χ0v) is 10.7. The third-order valence-electron chi connectivity index (χ3n) is 3.31. The van der Waals surface area contributed by atoms with Crippen LogP contribution in [0.5, 0.6) is 0 Å². The van der Waals surface area contributed by atoms with Gasteiger partial charge in [0, 0.05) is 34.1 Å². The van der Waals surface area contributed by atoms with Gasteiger partial charge in [0.25, 0.3) is 0 Å². The smallest absolute Gasteiger partial charge is 0.0893 e. The molecule has 3 aromatic heterocycles. The SMILES string of the molecule is Clc1ccc2nc3cc[nH]c3c(-c3ccc[nH]3)c2c1. The van der Waals surface area contributed by atoms with Gasteiger partial charge in [0.05, 0.1) is 16.6 Å². The van der Waals surface area contributed by atoms with Crippen molar-refractivity contribution in [3.63, 3.8) is 0 Å². The molecule has 1 aromatic carbocycles. The number of nitrogens with zero attached hydrogens (tertiary/aromatic N) is 1. The molecular weight excluding hydrogens is 258 g/mol. The number of aromatic amines is 2. The first-order valence-electron chi connectivity index (χ1n) is 6.03. The second-order valence-electron chi connectivity index (χ2n) is 4.47. The molecule has 0 aliphatic heterocycles. The summed E-state index contributed by atoms with van der Waals surface area (Å²) in [5.41, 5.74) is 5.09. The number of fused-ring (bicyclic) bond motifs is 2. The number of halogens is 1. The minimum atomic E-state index is 0.716. The molecule has 4 heteroatoms. The zero-order valence-electron chi connectivity index (χ0n) is 9.94. The van der Waals surface area contributed by atoms with Gasteiger partial charge in [0.1, 0.15) is 0 Å². The highest BCUT2D eigenvalue weighted by molar-refractivity contribution is 6.31. The predicted octanol–water partition coefficient (Wildman–Crippen LogP) is 4.36. The summed E-state index contributed by atoms with van der Waals surface area (Å²) < 4.78 is 0. The summed E-state index contributed by atoms with van der Waals surface area (Å²) in [5.74, 6) is 0. The van der Waals surface area contributed by atoms with Crippen molar-refractivity contribution in [2.45, 2.75) is 0 Å². The van der Waals surface area contributed by atoms with Crippen molar-refractivity contribution in [1.82, 2.24) is 15.0 Å². The maximum absolute atomic E-state index is 6.13. The van der Waals surface area contributed by atoms with Gasteiger partial charge in [-0.15, -0.1) is 0 Å². The molecule has 0 unspecified atom stereocenters. The molecule has 0 spiro atoms. The summed E-state index contributed by atoms with van der Waals surface area (Å²) in [5, 5.41) is 1.76. The number of hydrogen-bond donors (Lipinski definition) is 2. The molecule has 3 nitrogen and oxygen atoms in total. The Morgan fingerprint density at radius 3 is 2.74 bits per heavy atom. The van der Waals surface area contributed by atoms with E-state index in [1.807, 2.05) is 42.7 Å². The number of benzene rings is 1. The van der Waals surface area contributed by atoms with Gasteiger partial charge in [-0.05, 0) is 36.4 Å². The van der Waals surface area contributed by atoms with Crippen LogP contribution in [0.2, 0.25) is 5.02 Å². The normalized spacial score (nSPS) is 11.4. The second-order valence-corrected chi connectivity index (χ2v) is 4.91. The summed E-state index contributed by atoms with van der Waals surface area (Å²) in [4.78, 5) is 11.2. The lowest BCUT2D eigenvalue weighted by Crippen LogP contribution is -1.88. The van der Waals surface area contributed by atoms with Crippen LogP contribution in [0.4, 0.5) is 0 Å². The van der Waals surface area contributed by atoms with Crippen molar-refractivity contribution in [1.29, 1.82) is 0 Å². The molecule has 0 saturated heterocycles. The Bertz CT molecular complexity index is 875. The van der Waals surface area contributed by atoms with Gasteiger partial charge in [-0.2, -0.15) is 0 Å². The van der Waals surface area contributed by atoms with Gasteiger partial charge < -0.3 is 9.97 Å². The fourth-order valence-electron chi connectivity index (χ4n) is 2.49. The van der Waals surface area contributed by atoms with Crippen LogP contribution < -0.4 is 0 Å². The Labute approximate surface area is 114 Å². The number of aromatic nitrogens is 3. The van der Waals surface area contributed by atoms with E-state index in [4.69, 9.17) is 11.6 Å². The molecule has 2 N–H and O–H groups in total. The van der Waals surface area contributed by atoms with Crippen LogP contribution in [0, 0.1) is 0 Å². The summed E-state index contributed by atoms with van der Waals surface area (Å²) >= 11 is 6.13. The minimum Gasteiger partial charge on any atom is -0.361 e. The number of rotatable bonds is 1. The Balaban J connectivity index is 2.25.